The van der Waals surface area contributed by atoms with Crippen LogP contribution in [0.15, 0.2) is 18.2 Å². The van der Waals surface area contributed by atoms with Gasteiger partial charge in [0.15, 0.2) is 5.69 Å². The number of hydrogen-bond acceptors (Lipinski definition) is 4. The number of nitrogens with two attached hydrogens (primary N) is 1. The number of likely N-dealkylation sites (tertiary alicyclic amines) is 1. The highest BCUT2D eigenvalue weighted by atomic mass is 16.2. The van der Waals surface area contributed by atoms with Gasteiger partial charge in [-0.05, 0) is 24.6 Å². The normalized spacial score (nSPS) is 18.8. The summed E-state index contributed by atoms with van der Waals surface area (Å²) in [6.07, 6.45) is 0.617. The Labute approximate surface area is 115 Å². The molecule has 4 N–H and O–H groups in total. The maximum absolute atomic E-state index is 12.2. The minimum atomic E-state index is -0.472. The molecule has 1 fully saturated rings. The van der Waals surface area contributed by atoms with Crippen molar-refractivity contribution in [3.63, 3.8) is 0 Å². The van der Waals surface area contributed by atoms with Gasteiger partial charge in [-0.25, -0.2) is 0 Å². The summed E-state index contributed by atoms with van der Waals surface area (Å²) in [4.78, 5) is 25.6. The Morgan fingerprint density at radius 1 is 1.55 bits per heavy atom. The quantitative estimate of drug-likeness (QED) is 0.675. The first-order valence-corrected chi connectivity index (χ1v) is 6.35. The highest BCUT2D eigenvalue weighted by Crippen LogP contribution is 2.19. The number of likely N-dealkylation sites (N-methyl/N-ethyl adjacent to an activating group) is 1. The second-order valence-corrected chi connectivity index (χ2v) is 4.95. The van der Waals surface area contributed by atoms with Crippen molar-refractivity contribution in [1.29, 1.82) is 0 Å². The Bertz CT molecular complexity index is 693. The lowest BCUT2D eigenvalue weighted by molar-refractivity contribution is -0.128. The van der Waals surface area contributed by atoms with Crippen molar-refractivity contribution in [2.75, 3.05) is 19.3 Å². The predicted octanol–water partition coefficient (Wildman–Crippen LogP) is 0.106. The van der Waals surface area contributed by atoms with Crippen molar-refractivity contribution in [3.05, 3.63) is 23.9 Å². The average molecular weight is 273 g/mol. The molecule has 0 bridgehead atoms. The van der Waals surface area contributed by atoms with Crippen molar-refractivity contribution in [3.8, 4) is 0 Å². The van der Waals surface area contributed by atoms with E-state index in [1.165, 1.54) is 0 Å². The second kappa shape index (κ2) is 4.52. The molecule has 104 valence electrons. The van der Waals surface area contributed by atoms with Gasteiger partial charge in [-0.1, -0.05) is 0 Å². The van der Waals surface area contributed by atoms with Gasteiger partial charge in [-0.2, -0.15) is 5.10 Å². The molecule has 0 spiro atoms. The lowest BCUT2D eigenvalue weighted by Crippen LogP contribution is -2.40. The molecule has 2 amide bonds. The minimum absolute atomic E-state index is 0.0716. The molecule has 0 aliphatic carbocycles. The van der Waals surface area contributed by atoms with Crippen molar-refractivity contribution in [1.82, 2.24) is 20.4 Å². The van der Waals surface area contributed by atoms with E-state index in [2.05, 4.69) is 15.5 Å². The minimum Gasteiger partial charge on any atom is -0.399 e. The number of nitrogens with one attached hydrogen (secondary N) is 2. The Morgan fingerprint density at radius 3 is 3.05 bits per heavy atom. The standard InChI is InChI=1S/C13H15N5O2/c1-18-5-4-10(13(18)20)15-12(19)11-8-6-7(14)2-3-9(8)16-17-11/h2-3,6,10H,4-5,14H2,1H3,(H,15,19)(H,16,17). The van der Waals surface area contributed by atoms with Gasteiger partial charge in [-0.3, -0.25) is 14.7 Å². The van der Waals surface area contributed by atoms with Crippen molar-refractivity contribution >= 4 is 28.4 Å². The number of fused-ring (bicyclic) bond motifs is 1. The SMILES string of the molecule is CN1CCC(NC(=O)c2n[nH]c3ccc(N)cc23)C1=O. The maximum Gasteiger partial charge on any atom is 0.273 e. The summed E-state index contributed by atoms with van der Waals surface area (Å²) in [6, 6.07) is 4.72. The van der Waals surface area contributed by atoms with Crippen molar-refractivity contribution in [2.45, 2.75) is 12.5 Å². The zero-order valence-electron chi connectivity index (χ0n) is 11.0. The molecule has 1 aromatic carbocycles. The summed E-state index contributed by atoms with van der Waals surface area (Å²) in [6.45, 7) is 0.651. The van der Waals surface area contributed by atoms with Crippen LogP contribution in [0.4, 0.5) is 5.69 Å². The number of nitrogen functional groups attached to an aromatic ring is 1. The maximum atomic E-state index is 12.2. The molecule has 7 heteroatoms. The number of rotatable bonds is 2. The highest BCUT2D eigenvalue weighted by molar-refractivity contribution is 6.06. The molecular weight excluding hydrogens is 258 g/mol. The third-order valence-electron chi connectivity index (χ3n) is 3.53. The van der Waals surface area contributed by atoms with E-state index in [0.29, 0.717) is 24.0 Å². The molecule has 3 rings (SSSR count). The van der Waals surface area contributed by atoms with Crippen LogP contribution < -0.4 is 11.1 Å². The number of carbonyl (C=O) groups excluding carboxylic acids is 2. The summed E-state index contributed by atoms with van der Waals surface area (Å²) >= 11 is 0. The van der Waals surface area contributed by atoms with Gasteiger partial charge in [0.05, 0.1) is 5.52 Å². The van der Waals surface area contributed by atoms with Gasteiger partial charge in [0.1, 0.15) is 6.04 Å². The fourth-order valence-corrected chi connectivity index (χ4v) is 2.39. The van der Waals surface area contributed by atoms with Crippen LogP contribution in [-0.4, -0.2) is 46.5 Å². The van der Waals surface area contributed by atoms with Crippen LogP contribution in [0.25, 0.3) is 10.9 Å². The summed E-state index contributed by atoms with van der Waals surface area (Å²) in [5, 5.41) is 10.2. The average Bonchev–Trinajstić information content (AvgIpc) is 2.96. The molecule has 1 saturated heterocycles. The molecule has 1 aromatic heterocycles. The fraction of sp³-hybridized carbons (Fsp3) is 0.308. The first-order chi connectivity index (χ1) is 9.56. The van der Waals surface area contributed by atoms with Crippen molar-refractivity contribution < 1.29 is 9.59 Å². The van der Waals surface area contributed by atoms with Crippen LogP contribution in [-0.2, 0) is 4.79 Å². The Hall–Kier alpha value is -2.57. The second-order valence-electron chi connectivity index (χ2n) is 4.95. The molecular formula is C13H15N5O2. The van der Waals surface area contributed by atoms with E-state index in [-0.39, 0.29) is 17.5 Å². The Kier molecular flexibility index (Phi) is 2.81. The molecule has 2 heterocycles. The number of anilines is 1. The number of H-pyrrole nitrogens is 1. The summed E-state index contributed by atoms with van der Waals surface area (Å²) in [5.74, 6) is -0.437. The lowest BCUT2D eigenvalue weighted by atomic mass is 10.1. The summed E-state index contributed by atoms with van der Waals surface area (Å²) in [7, 11) is 1.72. The predicted molar refractivity (Wildman–Crippen MR) is 74.0 cm³/mol. The van der Waals surface area contributed by atoms with E-state index in [4.69, 9.17) is 5.73 Å². The van der Waals surface area contributed by atoms with Crippen LogP contribution in [0, 0.1) is 0 Å². The molecule has 1 unspecified atom stereocenters. The molecule has 20 heavy (non-hydrogen) atoms. The number of carbonyl (C=O) groups is 2. The van der Waals surface area contributed by atoms with Crippen molar-refractivity contribution in [2.24, 2.45) is 0 Å². The molecule has 0 saturated carbocycles. The highest BCUT2D eigenvalue weighted by Gasteiger charge is 2.31. The smallest absolute Gasteiger partial charge is 0.273 e. The number of hydrogen-bond donors (Lipinski definition) is 3. The van der Waals surface area contributed by atoms with Gasteiger partial charge in [0.25, 0.3) is 5.91 Å². The molecule has 1 aliphatic heterocycles. The van der Waals surface area contributed by atoms with Crippen LogP contribution >= 0.6 is 0 Å². The topological polar surface area (TPSA) is 104 Å². The van der Waals surface area contributed by atoms with E-state index in [9.17, 15) is 9.59 Å². The Balaban J connectivity index is 1.86. The third-order valence-corrected chi connectivity index (χ3v) is 3.53. The van der Waals surface area contributed by atoms with Gasteiger partial charge in [0.2, 0.25) is 5.91 Å². The van der Waals surface area contributed by atoms with Crippen LogP contribution in [0.5, 0.6) is 0 Å². The molecule has 2 aromatic rings. The van der Waals surface area contributed by atoms with E-state index in [1.54, 1.807) is 30.1 Å². The van der Waals surface area contributed by atoms with Gasteiger partial charge < -0.3 is 16.0 Å². The summed E-state index contributed by atoms with van der Waals surface area (Å²) < 4.78 is 0. The fourth-order valence-electron chi connectivity index (χ4n) is 2.39. The van der Waals surface area contributed by atoms with Crippen LogP contribution in [0.3, 0.4) is 0 Å². The number of benzene rings is 1. The van der Waals surface area contributed by atoms with Crippen LogP contribution in [0.1, 0.15) is 16.9 Å². The molecule has 0 radical (unpaired) electrons. The first kappa shape index (κ1) is 12.5. The zero-order chi connectivity index (χ0) is 14.3. The summed E-state index contributed by atoms with van der Waals surface area (Å²) in [5.41, 5.74) is 7.28. The molecule has 1 aliphatic rings. The van der Waals surface area contributed by atoms with E-state index >= 15 is 0 Å². The lowest BCUT2D eigenvalue weighted by Gasteiger charge is -2.11. The number of nitrogens with zero attached hydrogens (tertiary/aromatic N) is 2. The number of aromatic amines is 1. The van der Waals surface area contributed by atoms with E-state index in [0.717, 1.165) is 5.52 Å². The monoisotopic (exact) mass is 273 g/mol. The van der Waals surface area contributed by atoms with Gasteiger partial charge in [0, 0.05) is 24.7 Å². The van der Waals surface area contributed by atoms with E-state index < -0.39 is 6.04 Å². The third kappa shape index (κ3) is 1.97. The molecule has 7 nitrogen and oxygen atoms in total. The number of aromatic nitrogens is 2. The van der Waals surface area contributed by atoms with E-state index in [1.807, 2.05) is 0 Å². The first-order valence-electron chi connectivity index (χ1n) is 6.35. The van der Waals surface area contributed by atoms with Gasteiger partial charge in [-0.15, -0.1) is 0 Å². The zero-order valence-corrected chi connectivity index (χ0v) is 11.0. The van der Waals surface area contributed by atoms with Crippen LogP contribution in [0.2, 0.25) is 0 Å². The largest absolute Gasteiger partial charge is 0.399 e. The number of amides is 2. The van der Waals surface area contributed by atoms with Gasteiger partial charge >= 0.3 is 0 Å². The Morgan fingerprint density at radius 2 is 2.35 bits per heavy atom. The molecule has 1 atom stereocenters.